The lowest BCUT2D eigenvalue weighted by molar-refractivity contribution is -0.127. The summed E-state index contributed by atoms with van der Waals surface area (Å²) >= 11 is 0. The minimum absolute atomic E-state index is 0.0154. The van der Waals surface area contributed by atoms with E-state index in [1.165, 1.54) is 5.56 Å². The van der Waals surface area contributed by atoms with Gasteiger partial charge in [-0.05, 0) is 36.1 Å². The molecule has 0 bridgehead atoms. The molecule has 7 nitrogen and oxygen atoms in total. The number of carbonyl (C=O) groups excluding carboxylic acids is 1. The maximum atomic E-state index is 12.1. The highest BCUT2D eigenvalue weighted by atomic mass is 16.5. The molecule has 0 unspecified atom stereocenters. The molecule has 0 aromatic heterocycles. The zero-order chi connectivity index (χ0) is 22.8. The minimum Gasteiger partial charge on any atom is -0.497 e. The van der Waals surface area contributed by atoms with Crippen molar-refractivity contribution in [2.75, 3.05) is 40.8 Å². The predicted octanol–water partition coefficient (Wildman–Crippen LogP) is 2.48. The zero-order valence-electron chi connectivity index (χ0n) is 19.4. The Kier molecular flexibility index (Phi) is 8.92. The van der Waals surface area contributed by atoms with Crippen molar-refractivity contribution in [3.05, 3.63) is 65.7 Å². The Balaban J connectivity index is 1.55. The van der Waals surface area contributed by atoms with Gasteiger partial charge in [0.2, 0.25) is 5.91 Å². The van der Waals surface area contributed by atoms with E-state index in [4.69, 9.17) is 9.73 Å². The fourth-order valence-corrected chi connectivity index (χ4v) is 3.64. The zero-order valence-corrected chi connectivity index (χ0v) is 19.4. The molecule has 1 aliphatic rings. The maximum absolute atomic E-state index is 12.1. The number of hydrogen-bond donors (Lipinski definition) is 2. The Labute approximate surface area is 191 Å². The number of benzene rings is 2. The third-order valence-corrected chi connectivity index (χ3v) is 5.66. The van der Waals surface area contributed by atoms with Crippen molar-refractivity contribution in [3.8, 4) is 5.75 Å². The molecule has 0 spiro atoms. The van der Waals surface area contributed by atoms with Crippen LogP contribution in [0.1, 0.15) is 24.0 Å². The highest BCUT2D eigenvalue weighted by Crippen LogP contribution is 2.14. The van der Waals surface area contributed by atoms with Gasteiger partial charge in [0, 0.05) is 39.8 Å². The van der Waals surface area contributed by atoms with E-state index in [0.717, 1.165) is 43.8 Å². The van der Waals surface area contributed by atoms with Gasteiger partial charge >= 0.3 is 0 Å². The van der Waals surface area contributed by atoms with Crippen molar-refractivity contribution < 1.29 is 9.53 Å². The summed E-state index contributed by atoms with van der Waals surface area (Å²) in [6.45, 7) is 3.81. The van der Waals surface area contributed by atoms with Gasteiger partial charge in [0.1, 0.15) is 5.75 Å². The Morgan fingerprint density at radius 3 is 2.38 bits per heavy atom. The van der Waals surface area contributed by atoms with E-state index in [-0.39, 0.29) is 12.5 Å². The Hall–Kier alpha value is -3.06. The molecule has 0 atom stereocenters. The number of amides is 1. The largest absolute Gasteiger partial charge is 0.497 e. The van der Waals surface area contributed by atoms with Crippen LogP contribution in [-0.4, -0.2) is 68.5 Å². The van der Waals surface area contributed by atoms with E-state index in [0.29, 0.717) is 18.5 Å². The minimum atomic E-state index is 0.0154. The first kappa shape index (κ1) is 23.6. The topological polar surface area (TPSA) is 69.2 Å². The molecule has 1 amide bonds. The van der Waals surface area contributed by atoms with Gasteiger partial charge in [0.15, 0.2) is 5.96 Å². The molecule has 7 heteroatoms. The van der Waals surface area contributed by atoms with Crippen LogP contribution in [0.25, 0.3) is 0 Å². The number of likely N-dealkylation sites (tertiary alicyclic amines) is 1. The summed E-state index contributed by atoms with van der Waals surface area (Å²) in [5.41, 5.74) is 2.44. The number of rotatable bonds is 8. The summed E-state index contributed by atoms with van der Waals surface area (Å²) in [6.07, 6.45) is 2.08. The molecular formula is C25H35N5O2. The first-order valence-electron chi connectivity index (χ1n) is 11.2. The molecule has 1 saturated heterocycles. The number of nitrogens with one attached hydrogen (secondary N) is 2. The smallest absolute Gasteiger partial charge is 0.241 e. The van der Waals surface area contributed by atoms with E-state index >= 15 is 0 Å². The molecule has 2 aromatic rings. The molecule has 1 aliphatic heterocycles. The first-order chi connectivity index (χ1) is 15.5. The fourth-order valence-electron chi connectivity index (χ4n) is 3.64. The number of guanidine groups is 1. The predicted molar refractivity (Wildman–Crippen MR) is 129 cm³/mol. The average Bonchev–Trinajstić information content (AvgIpc) is 2.82. The van der Waals surface area contributed by atoms with Gasteiger partial charge in [0.05, 0.1) is 20.2 Å². The highest BCUT2D eigenvalue weighted by Gasteiger charge is 2.20. The van der Waals surface area contributed by atoms with E-state index in [9.17, 15) is 4.79 Å². The second kappa shape index (κ2) is 12.1. The van der Waals surface area contributed by atoms with Gasteiger partial charge in [-0.15, -0.1) is 0 Å². The van der Waals surface area contributed by atoms with E-state index in [2.05, 4.69) is 45.9 Å². The lowest BCUT2D eigenvalue weighted by Crippen LogP contribution is -2.50. The Morgan fingerprint density at radius 1 is 1.06 bits per heavy atom. The van der Waals surface area contributed by atoms with Crippen LogP contribution in [0.2, 0.25) is 0 Å². The summed E-state index contributed by atoms with van der Waals surface area (Å²) < 4.78 is 5.22. The molecule has 0 aliphatic carbocycles. The third-order valence-electron chi connectivity index (χ3n) is 5.66. The van der Waals surface area contributed by atoms with Crippen LogP contribution in [0, 0.1) is 0 Å². The summed E-state index contributed by atoms with van der Waals surface area (Å²) in [7, 11) is 5.17. The second-order valence-corrected chi connectivity index (χ2v) is 8.33. The molecule has 172 valence electrons. The van der Waals surface area contributed by atoms with Crippen molar-refractivity contribution in [1.82, 2.24) is 20.4 Å². The summed E-state index contributed by atoms with van der Waals surface area (Å²) in [4.78, 5) is 20.9. The number of hydrogen-bond acceptors (Lipinski definition) is 4. The number of likely N-dealkylation sites (N-methyl/N-ethyl adjacent to an activating group) is 1. The molecule has 1 fully saturated rings. The van der Waals surface area contributed by atoms with E-state index in [1.807, 2.05) is 24.3 Å². The number of aliphatic imine (C=N–C) groups is 1. The number of piperidine rings is 1. The summed E-state index contributed by atoms with van der Waals surface area (Å²) in [5.74, 6) is 1.52. The molecule has 0 radical (unpaired) electrons. The van der Waals surface area contributed by atoms with Crippen molar-refractivity contribution in [2.45, 2.75) is 32.0 Å². The van der Waals surface area contributed by atoms with E-state index in [1.54, 1.807) is 26.1 Å². The Bertz CT molecular complexity index is 860. The number of nitrogens with zero attached hydrogens (tertiary/aromatic N) is 3. The summed E-state index contributed by atoms with van der Waals surface area (Å²) in [6, 6.07) is 18.8. The van der Waals surface area contributed by atoms with Gasteiger partial charge in [-0.2, -0.15) is 0 Å². The number of ether oxygens (including phenoxy) is 1. The normalized spacial score (nSPS) is 15.3. The van der Waals surface area contributed by atoms with Gasteiger partial charge < -0.3 is 20.3 Å². The molecule has 2 aromatic carbocycles. The standard InChI is InChI=1S/C25H35N5O2/c1-29(2)24(31)18-27-25(26-17-20-9-11-23(32-3)12-10-20)28-22-13-15-30(16-14-22)19-21-7-5-4-6-8-21/h4-12,22H,13-19H2,1-3H3,(H2,26,27,28). The van der Waals surface area contributed by atoms with Gasteiger partial charge in [0.25, 0.3) is 0 Å². The summed E-state index contributed by atoms with van der Waals surface area (Å²) in [5, 5.41) is 6.75. The second-order valence-electron chi connectivity index (χ2n) is 8.33. The van der Waals surface area contributed by atoms with Crippen molar-refractivity contribution in [2.24, 2.45) is 4.99 Å². The van der Waals surface area contributed by atoms with Crippen LogP contribution >= 0.6 is 0 Å². The van der Waals surface area contributed by atoms with Crippen LogP contribution < -0.4 is 15.4 Å². The number of carbonyl (C=O) groups is 1. The van der Waals surface area contributed by atoms with Crippen LogP contribution in [0.15, 0.2) is 59.6 Å². The van der Waals surface area contributed by atoms with Gasteiger partial charge in [-0.1, -0.05) is 42.5 Å². The lowest BCUT2D eigenvalue weighted by Gasteiger charge is -2.33. The quantitative estimate of drug-likeness (QED) is 0.491. The van der Waals surface area contributed by atoms with Gasteiger partial charge in [-0.3, -0.25) is 9.69 Å². The van der Waals surface area contributed by atoms with Crippen molar-refractivity contribution in [1.29, 1.82) is 0 Å². The fraction of sp³-hybridized carbons (Fsp3) is 0.440. The molecular weight excluding hydrogens is 402 g/mol. The molecule has 0 saturated carbocycles. The molecule has 3 rings (SSSR count). The Morgan fingerprint density at radius 2 is 1.75 bits per heavy atom. The van der Waals surface area contributed by atoms with Crippen LogP contribution in [0.5, 0.6) is 5.75 Å². The lowest BCUT2D eigenvalue weighted by atomic mass is 10.0. The van der Waals surface area contributed by atoms with E-state index < -0.39 is 0 Å². The maximum Gasteiger partial charge on any atom is 0.241 e. The monoisotopic (exact) mass is 437 g/mol. The van der Waals surface area contributed by atoms with Crippen LogP contribution in [0.4, 0.5) is 0 Å². The van der Waals surface area contributed by atoms with Crippen molar-refractivity contribution in [3.63, 3.8) is 0 Å². The number of methoxy groups -OCH3 is 1. The van der Waals surface area contributed by atoms with Gasteiger partial charge in [-0.25, -0.2) is 4.99 Å². The molecule has 2 N–H and O–H groups in total. The molecule has 1 heterocycles. The molecule has 32 heavy (non-hydrogen) atoms. The third kappa shape index (κ3) is 7.57. The highest BCUT2D eigenvalue weighted by molar-refractivity contribution is 5.86. The van der Waals surface area contributed by atoms with Crippen LogP contribution in [0.3, 0.4) is 0 Å². The van der Waals surface area contributed by atoms with Crippen molar-refractivity contribution >= 4 is 11.9 Å². The SMILES string of the molecule is COc1ccc(CN=C(NCC(=O)N(C)C)NC2CCN(Cc3ccccc3)CC2)cc1. The first-order valence-corrected chi connectivity index (χ1v) is 11.2. The average molecular weight is 438 g/mol. The van der Waals surface area contributed by atoms with Crippen LogP contribution in [-0.2, 0) is 17.9 Å².